The lowest BCUT2D eigenvalue weighted by molar-refractivity contribution is -0.170. The molecule has 4 aliphatic rings. The number of aliphatic hydroxyl groups excluding tert-OH is 1. The Morgan fingerprint density at radius 2 is 1.40 bits per heavy atom. The van der Waals surface area contributed by atoms with Crippen molar-refractivity contribution in [3.63, 3.8) is 0 Å². The molecule has 11 atom stereocenters. The highest BCUT2D eigenvalue weighted by atomic mass is 16.4. The molecule has 1 amide bonds. The molecule has 52 heavy (non-hydrogen) atoms. The van der Waals surface area contributed by atoms with Crippen molar-refractivity contribution in [2.75, 3.05) is 32.7 Å². The molecule has 4 fully saturated rings. The van der Waals surface area contributed by atoms with Gasteiger partial charge in [0.05, 0.1) is 25.7 Å². The molecule has 15 nitrogen and oxygen atoms in total. The minimum Gasteiger partial charge on any atom is -0.481 e. The van der Waals surface area contributed by atoms with Gasteiger partial charge in [0.25, 0.3) is 0 Å². The van der Waals surface area contributed by atoms with Crippen molar-refractivity contribution in [2.24, 2.45) is 46.3 Å². The number of hydrogen-bond acceptors (Lipinski definition) is 9. The van der Waals surface area contributed by atoms with Gasteiger partial charge in [0.1, 0.15) is 6.04 Å². The van der Waals surface area contributed by atoms with Gasteiger partial charge in [0.15, 0.2) is 0 Å². The minimum absolute atomic E-state index is 0.0142. The van der Waals surface area contributed by atoms with Gasteiger partial charge in [-0.05, 0) is 111 Å². The van der Waals surface area contributed by atoms with Gasteiger partial charge in [0, 0.05) is 32.0 Å². The first-order valence-corrected chi connectivity index (χ1v) is 18.9. The van der Waals surface area contributed by atoms with Crippen LogP contribution < -0.4 is 5.32 Å². The Morgan fingerprint density at radius 3 is 2.00 bits per heavy atom. The summed E-state index contributed by atoms with van der Waals surface area (Å²) < 4.78 is 0. The number of aliphatic hydroxyl groups is 1. The maximum absolute atomic E-state index is 13.2. The van der Waals surface area contributed by atoms with E-state index >= 15 is 0 Å². The summed E-state index contributed by atoms with van der Waals surface area (Å²) in [6.07, 6.45) is 7.29. The summed E-state index contributed by atoms with van der Waals surface area (Å²) in [5.41, 5.74) is -0.210. The molecule has 0 aliphatic heterocycles. The Hall–Kier alpha value is -3.30. The number of carboxylic acids is 5. The molecule has 4 unspecified atom stereocenters. The third-order valence-corrected chi connectivity index (χ3v) is 13.8. The highest BCUT2D eigenvalue weighted by molar-refractivity contribution is 5.79. The summed E-state index contributed by atoms with van der Waals surface area (Å²) in [6, 6.07) is -1.45. The molecule has 0 bridgehead atoms. The van der Waals surface area contributed by atoms with Crippen molar-refractivity contribution in [1.82, 2.24) is 15.1 Å². The van der Waals surface area contributed by atoms with E-state index in [9.17, 15) is 49.2 Å². The summed E-state index contributed by atoms with van der Waals surface area (Å²) >= 11 is 0. The Balaban J connectivity index is 1.34. The molecule has 0 heterocycles. The van der Waals surface area contributed by atoms with Gasteiger partial charge in [-0.3, -0.25) is 38.6 Å². The molecule has 0 radical (unpaired) electrons. The van der Waals surface area contributed by atoms with Crippen LogP contribution in [-0.2, 0) is 28.8 Å². The number of fused-ring (bicyclic) bond motifs is 5. The van der Waals surface area contributed by atoms with Crippen molar-refractivity contribution in [2.45, 2.75) is 116 Å². The van der Waals surface area contributed by atoms with Gasteiger partial charge in [-0.15, -0.1) is 0 Å². The van der Waals surface area contributed by atoms with Crippen molar-refractivity contribution < 1.29 is 59.4 Å². The highest BCUT2D eigenvalue weighted by Crippen LogP contribution is 2.68. The first kappa shape index (κ1) is 41.5. The predicted octanol–water partition coefficient (Wildman–Crippen LogP) is 2.69. The Morgan fingerprint density at radius 1 is 0.750 bits per heavy atom. The average Bonchev–Trinajstić information content (AvgIpc) is 3.40. The molecule has 0 spiro atoms. The van der Waals surface area contributed by atoms with Crippen LogP contribution in [0.2, 0.25) is 0 Å². The van der Waals surface area contributed by atoms with E-state index in [0.717, 1.165) is 61.2 Å². The van der Waals surface area contributed by atoms with E-state index in [1.54, 1.807) is 0 Å². The second-order valence-corrected chi connectivity index (χ2v) is 16.7. The lowest BCUT2D eigenvalue weighted by atomic mass is 9.43. The number of carboxylic acid groups (broad SMARTS) is 5. The molecule has 0 aromatic carbocycles. The number of rotatable bonds is 19. The van der Waals surface area contributed by atoms with Gasteiger partial charge in [-0.1, -0.05) is 20.8 Å². The standard InChI is InChI=1S/C37H59N3O12/c1-21(4-11-31(43)44)25-7-8-26-24-6-5-22-16-23(12-13-36(22,2)27(24)17-29(41)37(25,26)3)38-30(42)10-9-28(35(51)52)40(20-34(49)50)15-14-39(18-32(45)46)19-33(47)48/h21-29,41H,4-20H2,1-3H3,(H,38,42)(H,43,44)(H,45,46)(H,47,48)(H,49,50)(H,51,52)/t21?,22-,23+,24?,25-,26?,27?,28+,29+,36+,37-/m1/s1. The Bertz CT molecular complexity index is 1330. The van der Waals surface area contributed by atoms with Crippen LogP contribution in [0.4, 0.5) is 0 Å². The number of nitrogens with one attached hydrogen (secondary N) is 1. The van der Waals surface area contributed by atoms with E-state index in [0.29, 0.717) is 36.0 Å². The normalized spacial score (nSPS) is 33.7. The second-order valence-electron chi connectivity index (χ2n) is 16.7. The topological polar surface area (TPSA) is 242 Å². The monoisotopic (exact) mass is 737 g/mol. The third-order valence-electron chi connectivity index (χ3n) is 13.8. The summed E-state index contributed by atoms with van der Waals surface area (Å²) in [6.45, 7) is 4.40. The van der Waals surface area contributed by atoms with Crippen molar-refractivity contribution in [1.29, 1.82) is 0 Å². The van der Waals surface area contributed by atoms with Crippen LogP contribution in [0.5, 0.6) is 0 Å². The van der Waals surface area contributed by atoms with E-state index in [1.165, 1.54) is 0 Å². The fourth-order valence-corrected chi connectivity index (χ4v) is 11.3. The molecule has 0 aromatic rings. The summed E-state index contributed by atoms with van der Waals surface area (Å²) in [5.74, 6) is -4.19. The number of carbonyl (C=O) groups excluding carboxylic acids is 1. The maximum Gasteiger partial charge on any atom is 0.320 e. The summed E-state index contributed by atoms with van der Waals surface area (Å²) in [4.78, 5) is 72.8. The number of amides is 1. The molecule has 15 heteroatoms. The van der Waals surface area contributed by atoms with Crippen LogP contribution in [0.3, 0.4) is 0 Å². The van der Waals surface area contributed by atoms with Crippen LogP contribution in [0, 0.1) is 46.3 Å². The zero-order chi connectivity index (χ0) is 38.5. The van der Waals surface area contributed by atoms with Gasteiger partial charge >= 0.3 is 29.8 Å². The van der Waals surface area contributed by atoms with Gasteiger partial charge in [-0.25, -0.2) is 0 Å². The molecule has 294 valence electrons. The van der Waals surface area contributed by atoms with Crippen LogP contribution in [-0.4, -0.2) is 127 Å². The van der Waals surface area contributed by atoms with Gasteiger partial charge < -0.3 is 36.0 Å². The zero-order valence-corrected chi connectivity index (χ0v) is 30.7. The van der Waals surface area contributed by atoms with Crippen molar-refractivity contribution in [3.05, 3.63) is 0 Å². The van der Waals surface area contributed by atoms with E-state index < -0.39 is 61.6 Å². The second kappa shape index (κ2) is 17.2. The SMILES string of the molecule is CC(CCC(=O)O)[C@H]1CCC2C3CC[C@@H]4C[C@@H](NC(=O)CC[C@@H](C(=O)O)N(CCN(CC(=O)O)CC(=O)O)CC(=O)O)CC[C@]4(C)C3C[C@H](O)[C@@]21C. The van der Waals surface area contributed by atoms with Crippen LogP contribution in [0.25, 0.3) is 0 Å². The van der Waals surface area contributed by atoms with E-state index in [1.807, 2.05) is 0 Å². The molecule has 7 N–H and O–H groups in total. The molecule has 4 aliphatic carbocycles. The first-order valence-electron chi connectivity index (χ1n) is 18.9. The predicted molar refractivity (Wildman–Crippen MR) is 186 cm³/mol. The number of aliphatic carboxylic acids is 5. The quantitative estimate of drug-likeness (QED) is 0.101. The summed E-state index contributed by atoms with van der Waals surface area (Å²) in [5, 5.41) is 61.8. The van der Waals surface area contributed by atoms with Gasteiger partial charge in [-0.2, -0.15) is 0 Å². The highest BCUT2D eigenvalue weighted by Gasteiger charge is 2.63. The zero-order valence-electron chi connectivity index (χ0n) is 30.7. The van der Waals surface area contributed by atoms with E-state index in [4.69, 9.17) is 10.2 Å². The largest absolute Gasteiger partial charge is 0.481 e. The molecular formula is C37H59N3O12. The Kier molecular flexibility index (Phi) is 13.7. The van der Waals surface area contributed by atoms with E-state index in [-0.39, 0.29) is 61.0 Å². The van der Waals surface area contributed by atoms with Crippen molar-refractivity contribution in [3.8, 4) is 0 Å². The Labute approximate surface area is 305 Å². The molecular weight excluding hydrogens is 678 g/mol. The lowest BCUT2D eigenvalue weighted by Gasteiger charge is -2.62. The molecule has 0 aromatic heterocycles. The fourth-order valence-electron chi connectivity index (χ4n) is 11.3. The average molecular weight is 738 g/mol. The third kappa shape index (κ3) is 9.43. The number of hydrogen-bond donors (Lipinski definition) is 7. The van der Waals surface area contributed by atoms with E-state index in [2.05, 4.69) is 26.1 Å². The van der Waals surface area contributed by atoms with Crippen LogP contribution in [0.1, 0.15) is 97.8 Å². The molecule has 4 saturated carbocycles. The number of nitrogens with zero attached hydrogens (tertiary/aromatic N) is 2. The van der Waals surface area contributed by atoms with Gasteiger partial charge in [0.2, 0.25) is 5.91 Å². The minimum atomic E-state index is -1.36. The molecule has 4 rings (SSSR count). The molecule has 0 saturated heterocycles. The van der Waals surface area contributed by atoms with Crippen LogP contribution >= 0.6 is 0 Å². The smallest absolute Gasteiger partial charge is 0.320 e. The number of carbonyl (C=O) groups is 6. The lowest BCUT2D eigenvalue weighted by Crippen LogP contribution is -2.59. The first-order chi connectivity index (χ1) is 24.4. The van der Waals surface area contributed by atoms with Crippen molar-refractivity contribution >= 4 is 35.8 Å². The van der Waals surface area contributed by atoms with Crippen LogP contribution in [0.15, 0.2) is 0 Å². The summed E-state index contributed by atoms with van der Waals surface area (Å²) in [7, 11) is 0. The maximum atomic E-state index is 13.2. The fraction of sp³-hybridized carbons (Fsp3) is 0.838.